The Hall–Kier alpha value is -1.34. The van der Waals surface area contributed by atoms with Crippen LogP contribution in [0.2, 0.25) is 0 Å². The Morgan fingerprint density at radius 3 is 3.00 bits per heavy atom. The number of rotatable bonds is 3. The molecule has 2 amide bonds. The Morgan fingerprint density at radius 2 is 2.38 bits per heavy atom. The molecule has 2 rings (SSSR count). The summed E-state index contributed by atoms with van der Waals surface area (Å²) in [5.74, 6) is 4.71. The number of cyclic esters (lactones) is 1. The zero-order valence-electron chi connectivity index (χ0n) is 8.85. The molecule has 0 saturated carbocycles. The fraction of sp³-hybridized carbons (Fsp3) is 0.778. The Kier molecular flexibility index (Phi) is 3.25. The Morgan fingerprint density at radius 1 is 1.56 bits per heavy atom. The molecule has 0 aromatic heterocycles. The summed E-state index contributed by atoms with van der Waals surface area (Å²) in [5, 5.41) is 0. The van der Waals surface area contributed by atoms with Gasteiger partial charge in [0.15, 0.2) is 0 Å². The quantitative estimate of drug-likeness (QED) is 0.367. The fourth-order valence-electron chi connectivity index (χ4n) is 1.96. The van der Waals surface area contributed by atoms with Gasteiger partial charge in [-0.1, -0.05) is 0 Å². The molecule has 2 saturated heterocycles. The van der Waals surface area contributed by atoms with E-state index in [1.54, 1.807) is 4.90 Å². The van der Waals surface area contributed by atoms with Crippen molar-refractivity contribution in [3.63, 3.8) is 0 Å². The van der Waals surface area contributed by atoms with Gasteiger partial charge in [0.25, 0.3) is 5.91 Å². The van der Waals surface area contributed by atoms with Crippen LogP contribution < -0.4 is 11.3 Å². The van der Waals surface area contributed by atoms with E-state index >= 15 is 0 Å². The van der Waals surface area contributed by atoms with E-state index in [1.165, 1.54) is 0 Å². The molecule has 2 atom stereocenters. The van der Waals surface area contributed by atoms with E-state index in [0.717, 1.165) is 6.42 Å². The molecule has 0 aromatic rings. The van der Waals surface area contributed by atoms with Crippen molar-refractivity contribution in [1.82, 2.24) is 10.3 Å². The van der Waals surface area contributed by atoms with Gasteiger partial charge in [-0.25, -0.2) is 10.6 Å². The van der Waals surface area contributed by atoms with Gasteiger partial charge in [0.1, 0.15) is 12.7 Å². The SMILES string of the molecule is NNC(=O)C1CCC(CN2CCOC2=O)O1. The zero-order valence-corrected chi connectivity index (χ0v) is 8.85. The summed E-state index contributed by atoms with van der Waals surface area (Å²) < 4.78 is 10.3. The number of carbonyl (C=O) groups excluding carboxylic acids is 2. The van der Waals surface area contributed by atoms with Crippen LogP contribution in [0, 0.1) is 0 Å². The first kappa shape index (κ1) is 11.2. The molecule has 2 unspecified atom stereocenters. The van der Waals surface area contributed by atoms with Crippen molar-refractivity contribution in [2.24, 2.45) is 5.84 Å². The third-order valence-corrected chi connectivity index (χ3v) is 2.81. The van der Waals surface area contributed by atoms with Crippen LogP contribution in [0.25, 0.3) is 0 Å². The number of hydrogen-bond donors (Lipinski definition) is 2. The van der Waals surface area contributed by atoms with Crippen LogP contribution in [0.4, 0.5) is 4.79 Å². The minimum atomic E-state index is -0.492. The van der Waals surface area contributed by atoms with Crippen LogP contribution >= 0.6 is 0 Å². The number of ether oxygens (including phenoxy) is 2. The second-order valence-corrected chi connectivity index (χ2v) is 3.89. The number of nitrogens with one attached hydrogen (secondary N) is 1. The summed E-state index contributed by atoms with van der Waals surface area (Å²) in [6.07, 6.45) is 0.482. The molecule has 2 fully saturated rings. The average molecular weight is 229 g/mol. The van der Waals surface area contributed by atoms with Gasteiger partial charge in [-0.3, -0.25) is 10.2 Å². The van der Waals surface area contributed by atoms with Gasteiger partial charge in [0.05, 0.1) is 19.2 Å². The largest absolute Gasteiger partial charge is 0.448 e. The van der Waals surface area contributed by atoms with Crippen molar-refractivity contribution >= 4 is 12.0 Å². The van der Waals surface area contributed by atoms with Crippen molar-refractivity contribution in [1.29, 1.82) is 0 Å². The maximum absolute atomic E-state index is 11.2. The average Bonchev–Trinajstić information content (AvgIpc) is 2.89. The third-order valence-electron chi connectivity index (χ3n) is 2.81. The van der Waals surface area contributed by atoms with Crippen LogP contribution in [0.15, 0.2) is 0 Å². The molecule has 0 spiro atoms. The lowest BCUT2D eigenvalue weighted by Crippen LogP contribution is -2.40. The summed E-state index contributed by atoms with van der Waals surface area (Å²) >= 11 is 0. The lowest BCUT2D eigenvalue weighted by Gasteiger charge is -2.18. The highest BCUT2D eigenvalue weighted by atomic mass is 16.6. The lowest BCUT2D eigenvalue weighted by atomic mass is 10.2. The standard InChI is InChI=1S/C9H15N3O4/c10-11-8(13)7-2-1-6(16-7)5-12-3-4-15-9(12)14/h6-7H,1-5,10H2,(H,11,13). The van der Waals surface area contributed by atoms with Gasteiger partial charge in [-0.15, -0.1) is 0 Å². The second-order valence-electron chi connectivity index (χ2n) is 3.89. The molecule has 90 valence electrons. The van der Waals surface area contributed by atoms with E-state index in [1.807, 2.05) is 0 Å². The number of hydrogen-bond acceptors (Lipinski definition) is 5. The van der Waals surface area contributed by atoms with Gasteiger partial charge in [0.2, 0.25) is 0 Å². The number of amides is 2. The summed E-state index contributed by atoms with van der Waals surface area (Å²) in [5.41, 5.74) is 2.06. The van der Waals surface area contributed by atoms with Crippen molar-refractivity contribution in [3.8, 4) is 0 Å². The van der Waals surface area contributed by atoms with Gasteiger partial charge in [-0.2, -0.15) is 0 Å². The molecule has 2 aliphatic rings. The highest BCUT2D eigenvalue weighted by Gasteiger charge is 2.33. The maximum Gasteiger partial charge on any atom is 0.410 e. The van der Waals surface area contributed by atoms with Crippen molar-refractivity contribution < 1.29 is 19.1 Å². The van der Waals surface area contributed by atoms with Crippen LogP contribution in [0.5, 0.6) is 0 Å². The topological polar surface area (TPSA) is 93.9 Å². The monoisotopic (exact) mass is 229 g/mol. The Labute approximate surface area is 92.8 Å². The number of hydrazine groups is 1. The summed E-state index contributed by atoms with van der Waals surface area (Å²) in [6.45, 7) is 1.50. The van der Waals surface area contributed by atoms with Gasteiger partial charge >= 0.3 is 6.09 Å². The summed E-state index contributed by atoms with van der Waals surface area (Å²) in [6, 6.07) is 0. The first-order chi connectivity index (χ1) is 7.70. The molecular formula is C9H15N3O4. The highest BCUT2D eigenvalue weighted by molar-refractivity contribution is 5.80. The van der Waals surface area contributed by atoms with E-state index in [-0.39, 0.29) is 18.1 Å². The fourth-order valence-corrected chi connectivity index (χ4v) is 1.96. The van der Waals surface area contributed by atoms with Gasteiger partial charge < -0.3 is 14.4 Å². The van der Waals surface area contributed by atoms with Crippen molar-refractivity contribution in [2.75, 3.05) is 19.7 Å². The van der Waals surface area contributed by atoms with Crippen molar-refractivity contribution in [2.45, 2.75) is 25.0 Å². The predicted molar refractivity (Wildman–Crippen MR) is 53.1 cm³/mol. The number of nitrogens with two attached hydrogens (primary N) is 1. The Balaban J connectivity index is 1.80. The smallest absolute Gasteiger partial charge is 0.410 e. The molecular weight excluding hydrogens is 214 g/mol. The van der Waals surface area contributed by atoms with Gasteiger partial charge in [-0.05, 0) is 12.8 Å². The molecule has 2 aliphatic heterocycles. The van der Waals surface area contributed by atoms with E-state index in [9.17, 15) is 9.59 Å². The van der Waals surface area contributed by atoms with E-state index in [0.29, 0.717) is 26.1 Å². The molecule has 0 radical (unpaired) electrons. The van der Waals surface area contributed by atoms with Crippen LogP contribution in [-0.4, -0.2) is 48.8 Å². The van der Waals surface area contributed by atoms with E-state index in [2.05, 4.69) is 5.43 Å². The summed E-state index contributed by atoms with van der Waals surface area (Å²) in [7, 11) is 0. The second kappa shape index (κ2) is 4.67. The normalized spacial score (nSPS) is 29.3. The molecule has 0 aromatic carbocycles. The molecule has 7 heteroatoms. The third kappa shape index (κ3) is 2.25. The molecule has 16 heavy (non-hydrogen) atoms. The van der Waals surface area contributed by atoms with E-state index in [4.69, 9.17) is 15.3 Å². The predicted octanol–water partition coefficient (Wildman–Crippen LogP) is -1.02. The van der Waals surface area contributed by atoms with Crippen LogP contribution in [0.3, 0.4) is 0 Å². The van der Waals surface area contributed by atoms with Crippen LogP contribution in [0.1, 0.15) is 12.8 Å². The van der Waals surface area contributed by atoms with Crippen molar-refractivity contribution in [3.05, 3.63) is 0 Å². The van der Waals surface area contributed by atoms with Crippen LogP contribution in [-0.2, 0) is 14.3 Å². The minimum Gasteiger partial charge on any atom is -0.448 e. The minimum absolute atomic E-state index is 0.104. The molecule has 7 nitrogen and oxygen atoms in total. The maximum atomic E-state index is 11.2. The summed E-state index contributed by atoms with van der Waals surface area (Å²) in [4.78, 5) is 24.0. The zero-order chi connectivity index (χ0) is 11.5. The first-order valence-electron chi connectivity index (χ1n) is 5.28. The number of nitrogens with zero attached hydrogens (tertiary/aromatic N) is 1. The highest BCUT2D eigenvalue weighted by Crippen LogP contribution is 2.21. The van der Waals surface area contributed by atoms with Gasteiger partial charge in [0, 0.05) is 0 Å². The molecule has 0 aliphatic carbocycles. The molecule has 3 N–H and O–H groups in total. The molecule has 0 bridgehead atoms. The first-order valence-corrected chi connectivity index (χ1v) is 5.28. The molecule has 2 heterocycles. The number of carbonyl (C=O) groups is 2. The lowest BCUT2D eigenvalue weighted by molar-refractivity contribution is -0.132. The van der Waals surface area contributed by atoms with E-state index < -0.39 is 6.10 Å². The Bertz CT molecular complexity index is 296.